The molecule has 1 heterocycles. The fraction of sp³-hybridized carbons (Fsp3) is 0.368. The zero-order chi connectivity index (χ0) is 17.6. The number of thiophene rings is 1. The number of carboxylic acid groups (broad SMARTS) is 1. The van der Waals surface area contributed by atoms with E-state index in [1.807, 2.05) is 29.6 Å². The van der Waals surface area contributed by atoms with Crippen molar-refractivity contribution in [3.05, 3.63) is 52.2 Å². The fourth-order valence-corrected chi connectivity index (χ4v) is 3.67. The van der Waals surface area contributed by atoms with Crippen molar-refractivity contribution in [3.63, 3.8) is 0 Å². The highest BCUT2D eigenvalue weighted by Gasteiger charge is 2.20. The molecule has 1 saturated carbocycles. The van der Waals surface area contributed by atoms with E-state index in [1.165, 1.54) is 24.2 Å². The largest absolute Gasteiger partial charge is 0.490 e. The van der Waals surface area contributed by atoms with E-state index in [2.05, 4.69) is 5.32 Å². The molecule has 5 nitrogen and oxygen atoms in total. The van der Waals surface area contributed by atoms with Gasteiger partial charge in [-0.05, 0) is 54.8 Å². The normalized spacial score (nSPS) is 15.7. The quantitative estimate of drug-likeness (QED) is 0.783. The van der Waals surface area contributed by atoms with E-state index >= 15 is 0 Å². The molecule has 1 atom stereocenters. The van der Waals surface area contributed by atoms with Gasteiger partial charge in [0.15, 0.2) is 0 Å². The number of carbonyl (C=O) groups is 2. The molecule has 132 valence electrons. The van der Waals surface area contributed by atoms with Crippen LogP contribution in [0.2, 0.25) is 0 Å². The Labute approximate surface area is 150 Å². The first kappa shape index (κ1) is 17.5. The molecule has 25 heavy (non-hydrogen) atoms. The summed E-state index contributed by atoms with van der Waals surface area (Å²) in [6, 6.07) is 10.3. The highest BCUT2D eigenvalue weighted by molar-refractivity contribution is 7.12. The molecule has 0 unspecified atom stereocenters. The molecule has 3 rings (SSSR count). The average molecular weight is 359 g/mol. The third kappa shape index (κ3) is 4.82. The second-order valence-electron chi connectivity index (χ2n) is 6.19. The SMILES string of the molecule is O=C(O)C[C@H](NC(=O)c1cccs1)c1ccc(OC2CCCC2)cc1. The predicted octanol–water partition coefficient (Wildman–Crippen LogP) is 4.02. The molecule has 2 N–H and O–H groups in total. The van der Waals surface area contributed by atoms with E-state index in [-0.39, 0.29) is 18.4 Å². The topological polar surface area (TPSA) is 75.6 Å². The monoisotopic (exact) mass is 359 g/mol. The van der Waals surface area contributed by atoms with Crippen molar-refractivity contribution < 1.29 is 19.4 Å². The van der Waals surface area contributed by atoms with Crippen molar-refractivity contribution in [2.45, 2.75) is 44.2 Å². The summed E-state index contributed by atoms with van der Waals surface area (Å²) in [5, 5.41) is 13.8. The van der Waals surface area contributed by atoms with Crippen molar-refractivity contribution in [2.75, 3.05) is 0 Å². The van der Waals surface area contributed by atoms with Crippen LogP contribution in [-0.2, 0) is 4.79 Å². The first-order valence-corrected chi connectivity index (χ1v) is 9.32. The molecule has 1 fully saturated rings. The number of ether oxygens (including phenoxy) is 1. The number of carboxylic acids is 1. The molecule has 0 saturated heterocycles. The van der Waals surface area contributed by atoms with Crippen molar-refractivity contribution in [2.24, 2.45) is 0 Å². The van der Waals surface area contributed by atoms with Gasteiger partial charge in [0.05, 0.1) is 23.4 Å². The van der Waals surface area contributed by atoms with Gasteiger partial charge >= 0.3 is 5.97 Å². The number of benzene rings is 1. The summed E-state index contributed by atoms with van der Waals surface area (Å²) >= 11 is 1.33. The van der Waals surface area contributed by atoms with Crippen molar-refractivity contribution in [1.82, 2.24) is 5.32 Å². The lowest BCUT2D eigenvalue weighted by atomic mass is 10.0. The lowest BCUT2D eigenvalue weighted by Gasteiger charge is -2.18. The van der Waals surface area contributed by atoms with Gasteiger partial charge in [-0.25, -0.2) is 0 Å². The average Bonchev–Trinajstić information content (AvgIpc) is 3.28. The number of aliphatic carboxylic acids is 1. The van der Waals surface area contributed by atoms with Gasteiger partial charge < -0.3 is 15.2 Å². The lowest BCUT2D eigenvalue weighted by molar-refractivity contribution is -0.137. The Hall–Kier alpha value is -2.34. The van der Waals surface area contributed by atoms with E-state index in [4.69, 9.17) is 9.84 Å². The van der Waals surface area contributed by atoms with Crippen molar-refractivity contribution >= 4 is 23.2 Å². The van der Waals surface area contributed by atoms with Gasteiger partial charge in [-0.15, -0.1) is 11.3 Å². The third-order valence-electron chi connectivity index (χ3n) is 4.32. The summed E-state index contributed by atoms with van der Waals surface area (Å²) in [6.07, 6.45) is 4.69. The van der Waals surface area contributed by atoms with Crippen LogP contribution in [0.25, 0.3) is 0 Å². The molecule has 6 heteroatoms. The van der Waals surface area contributed by atoms with Crippen LogP contribution in [0.15, 0.2) is 41.8 Å². The molecular formula is C19H21NO4S. The third-order valence-corrected chi connectivity index (χ3v) is 5.19. The standard InChI is InChI=1S/C19H21NO4S/c21-18(22)12-16(20-19(23)17-6-3-11-25-17)13-7-9-15(10-8-13)24-14-4-1-2-5-14/h3,6-11,14,16H,1-2,4-5,12H2,(H,20,23)(H,21,22)/t16-/m0/s1. The van der Waals surface area contributed by atoms with Gasteiger partial charge in [0.1, 0.15) is 5.75 Å². The fourth-order valence-electron chi connectivity index (χ4n) is 3.04. The van der Waals surface area contributed by atoms with E-state index in [0.717, 1.165) is 24.2 Å². The maximum Gasteiger partial charge on any atom is 0.305 e. The van der Waals surface area contributed by atoms with Crippen LogP contribution >= 0.6 is 11.3 Å². The van der Waals surface area contributed by atoms with E-state index in [9.17, 15) is 9.59 Å². The van der Waals surface area contributed by atoms with E-state index < -0.39 is 12.0 Å². The number of amides is 1. The Bertz CT molecular complexity index is 706. The molecule has 0 aliphatic heterocycles. The van der Waals surface area contributed by atoms with Crippen LogP contribution in [0.5, 0.6) is 5.75 Å². The molecular weight excluding hydrogens is 338 g/mol. The molecule has 1 amide bonds. The molecule has 1 aromatic carbocycles. The summed E-state index contributed by atoms with van der Waals surface area (Å²) in [7, 11) is 0. The Balaban J connectivity index is 1.69. The number of hydrogen-bond donors (Lipinski definition) is 2. The summed E-state index contributed by atoms with van der Waals surface area (Å²) in [5.74, 6) is -0.426. The lowest BCUT2D eigenvalue weighted by Crippen LogP contribution is -2.29. The van der Waals surface area contributed by atoms with Gasteiger partial charge in [-0.2, -0.15) is 0 Å². The molecule has 2 aromatic rings. The number of nitrogens with one attached hydrogen (secondary N) is 1. The van der Waals surface area contributed by atoms with Crippen LogP contribution in [0.1, 0.15) is 53.4 Å². The van der Waals surface area contributed by atoms with Gasteiger partial charge in [-0.1, -0.05) is 18.2 Å². The molecule has 0 radical (unpaired) electrons. The Morgan fingerprint density at radius 3 is 2.52 bits per heavy atom. The predicted molar refractivity (Wildman–Crippen MR) is 96.1 cm³/mol. The first-order chi connectivity index (χ1) is 12.1. The number of rotatable bonds is 7. The van der Waals surface area contributed by atoms with Crippen LogP contribution in [0.4, 0.5) is 0 Å². The van der Waals surface area contributed by atoms with Gasteiger partial charge in [0.25, 0.3) is 5.91 Å². The van der Waals surface area contributed by atoms with Crippen LogP contribution < -0.4 is 10.1 Å². The van der Waals surface area contributed by atoms with Crippen LogP contribution in [0, 0.1) is 0 Å². The van der Waals surface area contributed by atoms with Crippen LogP contribution in [0.3, 0.4) is 0 Å². The van der Waals surface area contributed by atoms with Gasteiger partial charge in [0, 0.05) is 0 Å². The zero-order valence-electron chi connectivity index (χ0n) is 13.8. The molecule has 0 bridgehead atoms. The summed E-state index contributed by atoms with van der Waals surface area (Å²) in [6.45, 7) is 0. The number of carbonyl (C=O) groups excluding carboxylic acids is 1. The zero-order valence-corrected chi connectivity index (χ0v) is 14.6. The summed E-state index contributed by atoms with van der Waals surface area (Å²) in [5.41, 5.74) is 0.756. The van der Waals surface area contributed by atoms with Crippen molar-refractivity contribution in [3.8, 4) is 5.75 Å². The first-order valence-electron chi connectivity index (χ1n) is 8.44. The van der Waals surface area contributed by atoms with E-state index in [1.54, 1.807) is 12.1 Å². The molecule has 1 aliphatic carbocycles. The highest BCUT2D eigenvalue weighted by atomic mass is 32.1. The number of hydrogen-bond acceptors (Lipinski definition) is 4. The Morgan fingerprint density at radius 2 is 1.92 bits per heavy atom. The minimum atomic E-state index is -0.956. The molecule has 1 aromatic heterocycles. The Kier molecular flexibility index (Phi) is 5.71. The Morgan fingerprint density at radius 1 is 1.20 bits per heavy atom. The van der Waals surface area contributed by atoms with Crippen molar-refractivity contribution in [1.29, 1.82) is 0 Å². The maximum absolute atomic E-state index is 12.2. The second kappa shape index (κ2) is 8.16. The minimum absolute atomic E-state index is 0.167. The highest BCUT2D eigenvalue weighted by Crippen LogP contribution is 2.26. The second-order valence-corrected chi connectivity index (χ2v) is 7.14. The minimum Gasteiger partial charge on any atom is -0.490 e. The van der Waals surface area contributed by atoms with Gasteiger partial charge in [0.2, 0.25) is 0 Å². The molecule has 1 aliphatic rings. The summed E-state index contributed by atoms with van der Waals surface area (Å²) < 4.78 is 5.93. The smallest absolute Gasteiger partial charge is 0.305 e. The maximum atomic E-state index is 12.2. The van der Waals surface area contributed by atoms with Crippen LogP contribution in [-0.4, -0.2) is 23.1 Å². The van der Waals surface area contributed by atoms with E-state index in [0.29, 0.717) is 4.88 Å². The summed E-state index contributed by atoms with van der Waals surface area (Å²) in [4.78, 5) is 24.0. The van der Waals surface area contributed by atoms with Gasteiger partial charge in [-0.3, -0.25) is 9.59 Å². The molecule has 0 spiro atoms.